The van der Waals surface area contributed by atoms with Gasteiger partial charge in [0.15, 0.2) is 0 Å². The molecular weight excluding hydrogens is 246 g/mol. The highest BCUT2D eigenvalue weighted by Crippen LogP contribution is 2.07. The quantitative estimate of drug-likeness (QED) is 0.729. The lowest BCUT2D eigenvalue weighted by Crippen LogP contribution is -2.32. The van der Waals surface area contributed by atoms with Gasteiger partial charge in [0.1, 0.15) is 5.69 Å². The highest BCUT2D eigenvalue weighted by atomic mass is 16.4. The molecule has 1 aromatic heterocycles. The van der Waals surface area contributed by atoms with E-state index < -0.39 is 5.97 Å². The van der Waals surface area contributed by atoms with Crippen LogP contribution in [0.4, 0.5) is 0 Å². The summed E-state index contributed by atoms with van der Waals surface area (Å²) in [5.41, 5.74) is 0.700. The van der Waals surface area contributed by atoms with Crippen molar-refractivity contribution in [1.29, 1.82) is 0 Å². The molecule has 0 fully saturated rings. The van der Waals surface area contributed by atoms with E-state index in [1.807, 2.05) is 19.0 Å². The summed E-state index contributed by atoms with van der Waals surface area (Å²) in [5, 5.41) is 11.3. The van der Waals surface area contributed by atoms with Crippen LogP contribution in [0.15, 0.2) is 24.4 Å². The maximum atomic E-state index is 11.9. The Labute approximate surface area is 111 Å². The predicted octanol–water partition coefficient (Wildman–Crippen LogP) is 0.471. The number of amides is 1. The van der Waals surface area contributed by atoms with Gasteiger partial charge >= 0.3 is 5.97 Å². The lowest BCUT2D eigenvalue weighted by molar-refractivity contribution is -0.131. The molecule has 2 N–H and O–H groups in total. The Morgan fingerprint density at radius 1 is 1.47 bits per heavy atom. The first-order valence-electron chi connectivity index (χ1n) is 5.79. The van der Waals surface area contributed by atoms with E-state index in [4.69, 9.17) is 5.11 Å². The molecule has 0 aromatic carbocycles. The first-order chi connectivity index (χ1) is 9.00. The third-order valence-electron chi connectivity index (χ3n) is 2.30. The number of nitrogens with one attached hydrogen (secondary N) is 1. The van der Waals surface area contributed by atoms with Gasteiger partial charge in [-0.25, -0.2) is 4.79 Å². The molecule has 0 aliphatic rings. The van der Waals surface area contributed by atoms with Crippen molar-refractivity contribution in [3.63, 3.8) is 0 Å². The van der Waals surface area contributed by atoms with Gasteiger partial charge in [-0.2, -0.15) is 0 Å². The van der Waals surface area contributed by atoms with E-state index in [2.05, 4.69) is 10.3 Å². The lowest BCUT2D eigenvalue weighted by atomic mass is 10.1. The normalized spacial score (nSPS) is 10.9. The zero-order chi connectivity index (χ0) is 14.3. The zero-order valence-electron chi connectivity index (χ0n) is 11.0. The summed E-state index contributed by atoms with van der Waals surface area (Å²) in [6.07, 6.45) is 3.84. The number of aliphatic carboxylic acids is 1. The Morgan fingerprint density at radius 3 is 2.84 bits per heavy atom. The van der Waals surface area contributed by atoms with Crippen molar-refractivity contribution in [3.05, 3.63) is 35.7 Å². The summed E-state index contributed by atoms with van der Waals surface area (Å²) < 4.78 is 0. The molecule has 1 amide bonds. The van der Waals surface area contributed by atoms with Gasteiger partial charge in [-0.1, -0.05) is 6.07 Å². The van der Waals surface area contributed by atoms with Crippen LogP contribution < -0.4 is 5.32 Å². The first-order valence-corrected chi connectivity index (χ1v) is 5.79. The Balaban J connectivity index is 2.76. The molecule has 1 heterocycles. The first kappa shape index (κ1) is 14.8. The van der Waals surface area contributed by atoms with Crippen LogP contribution in [-0.2, 0) is 4.79 Å². The third-order valence-corrected chi connectivity index (χ3v) is 2.30. The molecule has 0 aliphatic heterocycles. The number of nitrogens with zero attached hydrogens (tertiary/aromatic N) is 2. The van der Waals surface area contributed by atoms with Crippen LogP contribution in [0.3, 0.4) is 0 Å². The summed E-state index contributed by atoms with van der Waals surface area (Å²) in [5.74, 6) is -1.38. The molecule has 0 bridgehead atoms. The van der Waals surface area contributed by atoms with E-state index in [-0.39, 0.29) is 11.6 Å². The number of hydrogen-bond acceptors (Lipinski definition) is 4. The standard InChI is InChI=1S/C13H17N3O3/c1-16(2)9-8-15-13(19)12-10(4-3-7-14-12)5-6-11(17)18/h3-7H,8-9H2,1-2H3,(H,15,19)(H,17,18)/b6-5+. The molecule has 0 radical (unpaired) electrons. The highest BCUT2D eigenvalue weighted by molar-refractivity contribution is 5.97. The van der Waals surface area contributed by atoms with Crippen molar-refractivity contribution in [3.8, 4) is 0 Å². The van der Waals surface area contributed by atoms with Crippen LogP contribution in [0.5, 0.6) is 0 Å². The van der Waals surface area contributed by atoms with Gasteiger partial charge in [0.2, 0.25) is 0 Å². The van der Waals surface area contributed by atoms with Crippen molar-refractivity contribution >= 4 is 18.0 Å². The fraction of sp³-hybridized carbons (Fsp3) is 0.308. The highest BCUT2D eigenvalue weighted by Gasteiger charge is 2.10. The number of carbonyl (C=O) groups is 2. The molecule has 1 aromatic rings. The maximum Gasteiger partial charge on any atom is 0.328 e. The van der Waals surface area contributed by atoms with Gasteiger partial charge in [-0.3, -0.25) is 9.78 Å². The number of likely N-dealkylation sites (N-methyl/N-ethyl adjacent to an activating group) is 1. The van der Waals surface area contributed by atoms with E-state index in [0.29, 0.717) is 12.1 Å². The van der Waals surface area contributed by atoms with Crippen molar-refractivity contribution in [1.82, 2.24) is 15.2 Å². The van der Waals surface area contributed by atoms with Gasteiger partial charge in [0, 0.05) is 30.9 Å². The molecular formula is C13H17N3O3. The molecule has 0 aliphatic carbocycles. The SMILES string of the molecule is CN(C)CCNC(=O)c1ncccc1/C=C/C(=O)O. The van der Waals surface area contributed by atoms with Crippen LogP contribution in [0.1, 0.15) is 16.1 Å². The molecule has 0 saturated heterocycles. The monoisotopic (exact) mass is 263 g/mol. The predicted molar refractivity (Wildman–Crippen MR) is 71.8 cm³/mol. The second-order valence-corrected chi connectivity index (χ2v) is 4.17. The molecule has 102 valence electrons. The van der Waals surface area contributed by atoms with E-state index in [9.17, 15) is 9.59 Å². The minimum atomic E-state index is -1.07. The number of rotatable bonds is 6. The fourth-order valence-corrected chi connectivity index (χ4v) is 1.38. The smallest absolute Gasteiger partial charge is 0.328 e. The second-order valence-electron chi connectivity index (χ2n) is 4.17. The average Bonchev–Trinajstić information content (AvgIpc) is 2.36. The second kappa shape index (κ2) is 7.27. The van der Waals surface area contributed by atoms with Gasteiger partial charge in [-0.15, -0.1) is 0 Å². The number of carboxylic acids is 1. The largest absolute Gasteiger partial charge is 0.478 e. The lowest BCUT2D eigenvalue weighted by Gasteiger charge is -2.10. The van der Waals surface area contributed by atoms with E-state index in [1.54, 1.807) is 12.1 Å². The Hall–Kier alpha value is -2.21. The van der Waals surface area contributed by atoms with Crippen LogP contribution >= 0.6 is 0 Å². The topological polar surface area (TPSA) is 82.5 Å². The summed E-state index contributed by atoms with van der Waals surface area (Å²) in [4.78, 5) is 28.3. The Morgan fingerprint density at radius 2 is 2.21 bits per heavy atom. The molecule has 6 nitrogen and oxygen atoms in total. The van der Waals surface area contributed by atoms with Gasteiger partial charge in [-0.05, 0) is 26.2 Å². The molecule has 1 rings (SSSR count). The van der Waals surface area contributed by atoms with Crippen LogP contribution in [-0.4, -0.2) is 54.1 Å². The van der Waals surface area contributed by atoms with Crippen LogP contribution in [0.2, 0.25) is 0 Å². The van der Waals surface area contributed by atoms with E-state index in [0.717, 1.165) is 12.6 Å². The van der Waals surface area contributed by atoms with Gasteiger partial charge in [0.25, 0.3) is 5.91 Å². The Kier molecular flexibility index (Phi) is 5.69. The van der Waals surface area contributed by atoms with E-state index in [1.165, 1.54) is 12.3 Å². The summed E-state index contributed by atoms with van der Waals surface area (Å²) in [6.45, 7) is 1.23. The molecule has 0 unspecified atom stereocenters. The number of hydrogen-bond donors (Lipinski definition) is 2. The molecule has 0 saturated carbocycles. The fourth-order valence-electron chi connectivity index (χ4n) is 1.38. The summed E-state index contributed by atoms with van der Waals surface area (Å²) in [7, 11) is 3.82. The molecule has 0 atom stereocenters. The zero-order valence-corrected chi connectivity index (χ0v) is 11.0. The minimum absolute atomic E-state index is 0.221. The van der Waals surface area contributed by atoms with Crippen LogP contribution in [0, 0.1) is 0 Å². The van der Waals surface area contributed by atoms with Crippen LogP contribution in [0.25, 0.3) is 6.08 Å². The third kappa shape index (κ3) is 5.31. The molecule has 0 spiro atoms. The average molecular weight is 263 g/mol. The van der Waals surface area contributed by atoms with Gasteiger partial charge in [0.05, 0.1) is 0 Å². The minimum Gasteiger partial charge on any atom is -0.478 e. The van der Waals surface area contributed by atoms with Crippen molar-refractivity contribution in [2.24, 2.45) is 0 Å². The summed E-state index contributed by atoms with van der Waals surface area (Å²) >= 11 is 0. The molecule has 6 heteroatoms. The Bertz CT molecular complexity index is 484. The summed E-state index contributed by atoms with van der Waals surface area (Å²) in [6, 6.07) is 3.30. The van der Waals surface area contributed by atoms with Gasteiger partial charge < -0.3 is 15.3 Å². The number of pyridine rings is 1. The van der Waals surface area contributed by atoms with Crippen molar-refractivity contribution in [2.45, 2.75) is 0 Å². The molecule has 19 heavy (non-hydrogen) atoms. The van der Waals surface area contributed by atoms with Crippen molar-refractivity contribution in [2.75, 3.05) is 27.2 Å². The number of aromatic nitrogens is 1. The van der Waals surface area contributed by atoms with Crippen molar-refractivity contribution < 1.29 is 14.7 Å². The maximum absolute atomic E-state index is 11.9. The van der Waals surface area contributed by atoms with E-state index >= 15 is 0 Å². The number of carbonyl (C=O) groups excluding carboxylic acids is 1. The number of carboxylic acid groups (broad SMARTS) is 1.